The highest BCUT2D eigenvalue weighted by atomic mass is 16.5. The lowest BCUT2D eigenvalue weighted by molar-refractivity contribution is -0.134. The summed E-state index contributed by atoms with van der Waals surface area (Å²) in [5.41, 5.74) is 1.73. The molecule has 1 aromatic carbocycles. The molecule has 1 aromatic heterocycles. The van der Waals surface area contributed by atoms with Crippen LogP contribution in [0.1, 0.15) is 11.1 Å². The van der Waals surface area contributed by atoms with Crippen molar-refractivity contribution in [2.24, 2.45) is 0 Å². The number of aliphatic hydroxyl groups is 1. The minimum atomic E-state index is -0.532. The zero-order valence-electron chi connectivity index (χ0n) is 12.6. The lowest BCUT2D eigenvalue weighted by Gasteiger charge is -2.42. The first kappa shape index (κ1) is 15.1. The lowest BCUT2D eigenvalue weighted by atomic mass is 9.93. The van der Waals surface area contributed by atoms with E-state index in [1.54, 1.807) is 0 Å². The van der Waals surface area contributed by atoms with Gasteiger partial charge in [0.2, 0.25) is 0 Å². The molecule has 0 saturated carbocycles. The zero-order chi connectivity index (χ0) is 15.3. The van der Waals surface area contributed by atoms with E-state index in [0.717, 1.165) is 18.7 Å². The Morgan fingerprint density at radius 3 is 2.64 bits per heavy atom. The highest BCUT2D eigenvalue weighted by Gasteiger charge is 2.36. The molecule has 0 bridgehead atoms. The van der Waals surface area contributed by atoms with Crippen LogP contribution in [0.2, 0.25) is 0 Å². The topological polar surface area (TPSA) is 58.5 Å². The molecule has 1 N–H and O–H groups in total. The Hall–Kier alpha value is -1.82. The molecule has 5 heteroatoms. The quantitative estimate of drug-likeness (QED) is 0.901. The van der Waals surface area contributed by atoms with Gasteiger partial charge in [0.05, 0.1) is 13.2 Å². The Labute approximate surface area is 130 Å². The van der Waals surface area contributed by atoms with Gasteiger partial charge in [-0.05, 0) is 5.56 Å². The monoisotopic (exact) mass is 299 g/mol. The minimum absolute atomic E-state index is 0.0175. The van der Waals surface area contributed by atoms with Crippen LogP contribution in [0, 0.1) is 0 Å². The maximum Gasteiger partial charge on any atom is 0.115 e. The number of morpholine rings is 1. The number of aliphatic hydroxyl groups excluding tert-OH is 1. The van der Waals surface area contributed by atoms with Crippen molar-refractivity contribution < 1.29 is 9.84 Å². The number of rotatable bonds is 5. The molecule has 22 heavy (non-hydrogen) atoms. The van der Waals surface area contributed by atoms with Crippen LogP contribution >= 0.6 is 0 Å². The van der Waals surface area contributed by atoms with Gasteiger partial charge in [-0.1, -0.05) is 30.3 Å². The Kier molecular flexibility index (Phi) is 4.77. The van der Waals surface area contributed by atoms with Crippen molar-refractivity contribution in [3.63, 3.8) is 0 Å². The third kappa shape index (κ3) is 3.68. The van der Waals surface area contributed by atoms with Crippen molar-refractivity contribution in [3.05, 3.63) is 60.2 Å². The molecule has 116 valence electrons. The fourth-order valence-electron chi connectivity index (χ4n) is 2.95. The largest absolute Gasteiger partial charge is 0.393 e. The number of nitrogens with zero attached hydrogens (tertiary/aromatic N) is 3. The summed E-state index contributed by atoms with van der Waals surface area (Å²) in [4.78, 5) is 10.4. The van der Waals surface area contributed by atoms with E-state index in [1.165, 1.54) is 11.9 Å². The zero-order valence-corrected chi connectivity index (χ0v) is 12.6. The van der Waals surface area contributed by atoms with Gasteiger partial charge < -0.3 is 9.84 Å². The summed E-state index contributed by atoms with van der Waals surface area (Å²) < 4.78 is 5.96. The summed E-state index contributed by atoms with van der Waals surface area (Å²) in [6, 6.07) is 10.2. The van der Waals surface area contributed by atoms with E-state index in [9.17, 15) is 5.11 Å². The summed E-state index contributed by atoms with van der Waals surface area (Å²) in [5.74, 6) is 0. The SMILES string of the molecule is OC[C@@]1(Cc2ccccc2)CN(Cc2cncnc2)CCO1. The van der Waals surface area contributed by atoms with Gasteiger partial charge >= 0.3 is 0 Å². The van der Waals surface area contributed by atoms with Crippen molar-refractivity contribution in [1.82, 2.24) is 14.9 Å². The summed E-state index contributed by atoms with van der Waals surface area (Å²) in [5, 5.41) is 9.91. The highest BCUT2D eigenvalue weighted by molar-refractivity contribution is 5.18. The van der Waals surface area contributed by atoms with Crippen LogP contribution in [-0.2, 0) is 17.7 Å². The maximum atomic E-state index is 9.91. The molecule has 0 spiro atoms. The number of hydrogen-bond acceptors (Lipinski definition) is 5. The Morgan fingerprint density at radius 2 is 1.91 bits per heavy atom. The standard InChI is InChI=1S/C17H21N3O2/c21-13-17(8-15-4-2-1-3-5-15)12-20(6-7-22-17)11-16-9-18-14-19-10-16/h1-5,9-10,14,21H,6-8,11-13H2/t17-/m1/s1. The van der Waals surface area contributed by atoms with E-state index in [2.05, 4.69) is 27.0 Å². The van der Waals surface area contributed by atoms with Gasteiger partial charge in [0.15, 0.2) is 0 Å². The predicted octanol–water partition coefficient (Wildman–Crippen LogP) is 1.28. The van der Waals surface area contributed by atoms with Crippen LogP contribution in [0.5, 0.6) is 0 Å². The van der Waals surface area contributed by atoms with Gasteiger partial charge in [-0.2, -0.15) is 0 Å². The van der Waals surface area contributed by atoms with Crippen molar-refractivity contribution in [2.75, 3.05) is 26.3 Å². The predicted molar refractivity (Wildman–Crippen MR) is 83.2 cm³/mol. The Balaban J connectivity index is 1.69. The second-order valence-corrected chi connectivity index (χ2v) is 5.81. The molecule has 0 unspecified atom stereocenters. The first-order valence-corrected chi connectivity index (χ1v) is 7.55. The van der Waals surface area contributed by atoms with Crippen LogP contribution in [0.3, 0.4) is 0 Å². The second kappa shape index (κ2) is 6.96. The maximum absolute atomic E-state index is 9.91. The van der Waals surface area contributed by atoms with E-state index in [0.29, 0.717) is 19.6 Å². The molecule has 5 nitrogen and oxygen atoms in total. The number of hydrogen-bond donors (Lipinski definition) is 1. The lowest BCUT2D eigenvalue weighted by Crippen LogP contribution is -2.55. The van der Waals surface area contributed by atoms with E-state index < -0.39 is 5.60 Å². The molecular formula is C17H21N3O2. The van der Waals surface area contributed by atoms with Crippen LogP contribution < -0.4 is 0 Å². The van der Waals surface area contributed by atoms with Crippen molar-refractivity contribution >= 4 is 0 Å². The molecule has 1 saturated heterocycles. The molecule has 2 aromatic rings. The van der Waals surface area contributed by atoms with Gasteiger partial charge in [-0.15, -0.1) is 0 Å². The van der Waals surface area contributed by atoms with Gasteiger partial charge in [0.25, 0.3) is 0 Å². The average Bonchev–Trinajstić information content (AvgIpc) is 2.57. The van der Waals surface area contributed by atoms with Crippen molar-refractivity contribution in [3.8, 4) is 0 Å². The number of aromatic nitrogens is 2. The summed E-state index contributed by atoms with van der Waals surface area (Å²) in [6.45, 7) is 2.98. The normalized spacial score (nSPS) is 22.6. The van der Waals surface area contributed by atoms with Crippen LogP contribution in [-0.4, -0.2) is 51.9 Å². The molecule has 0 amide bonds. The number of benzene rings is 1. The summed E-state index contributed by atoms with van der Waals surface area (Å²) in [6.07, 6.45) is 5.92. The summed E-state index contributed by atoms with van der Waals surface area (Å²) in [7, 11) is 0. The molecule has 1 aliphatic rings. The Morgan fingerprint density at radius 1 is 1.14 bits per heavy atom. The van der Waals surface area contributed by atoms with E-state index in [1.807, 2.05) is 30.6 Å². The van der Waals surface area contributed by atoms with E-state index in [4.69, 9.17) is 4.74 Å². The molecule has 0 radical (unpaired) electrons. The van der Waals surface area contributed by atoms with Crippen molar-refractivity contribution in [2.45, 2.75) is 18.6 Å². The fourth-order valence-corrected chi connectivity index (χ4v) is 2.95. The van der Waals surface area contributed by atoms with Crippen LogP contribution in [0.4, 0.5) is 0 Å². The van der Waals surface area contributed by atoms with Gasteiger partial charge in [-0.3, -0.25) is 4.90 Å². The van der Waals surface area contributed by atoms with Crippen molar-refractivity contribution in [1.29, 1.82) is 0 Å². The Bertz CT molecular complexity index is 579. The van der Waals surface area contributed by atoms with Gasteiger partial charge in [0, 0.05) is 44.0 Å². The summed E-state index contributed by atoms with van der Waals surface area (Å²) >= 11 is 0. The average molecular weight is 299 g/mol. The molecule has 1 aliphatic heterocycles. The molecule has 3 rings (SSSR count). The first-order chi connectivity index (χ1) is 10.8. The third-order valence-corrected chi connectivity index (χ3v) is 4.01. The molecule has 2 heterocycles. The van der Waals surface area contributed by atoms with E-state index in [-0.39, 0.29) is 6.61 Å². The van der Waals surface area contributed by atoms with Crippen LogP contribution in [0.15, 0.2) is 49.1 Å². The smallest absolute Gasteiger partial charge is 0.115 e. The van der Waals surface area contributed by atoms with E-state index >= 15 is 0 Å². The van der Waals surface area contributed by atoms with Gasteiger partial charge in [0.1, 0.15) is 11.9 Å². The van der Waals surface area contributed by atoms with Crippen LogP contribution in [0.25, 0.3) is 0 Å². The third-order valence-electron chi connectivity index (χ3n) is 4.01. The minimum Gasteiger partial charge on any atom is -0.393 e. The molecular weight excluding hydrogens is 278 g/mol. The fraction of sp³-hybridized carbons (Fsp3) is 0.412. The molecule has 0 aliphatic carbocycles. The first-order valence-electron chi connectivity index (χ1n) is 7.55. The number of ether oxygens (including phenoxy) is 1. The molecule has 1 atom stereocenters. The molecule has 1 fully saturated rings. The second-order valence-electron chi connectivity index (χ2n) is 5.81. The van der Waals surface area contributed by atoms with Gasteiger partial charge in [-0.25, -0.2) is 9.97 Å². The highest BCUT2D eigenvalue weighted by Crippen LogP contribution is 2.24.